The Balaban J connectivity index is 1.60. The van der Waals surface area contributed by atoms with Crippen molar-refractivity contribution in [2.75, 3.05) is 18.3 Å². The van der Waals surface area contributed by atoms with E-state index in [9.17, 15) is 4.79 Å². The highest BCUT2D eigenvalue weighted by atomic mass is 35.5. The smallest absolute Gasteiger partial charge is 0.232 e. The van der Waals surface area contributed by atoms with E-state index in [1.54, 1.807) is 7.11 Å². The van der Waals surface area contributed by atoms with Crippen LogP contribution in [0.15, 0.2) is 84.4 Å². The lowest BCUT2D eigenvalue weighted by atomic mass is 9.79. The number of ether oxygens (including phenoxy) is 1. The predicted octanol–water partition coefficient (Wildman–Crippen LogP) is 7.28. The van der Waals surface area contributed by atoms with E-state index in [0.717, 1.165) is 45.5 Å². The summed E-state index contributed by atoms with van der Waals surface area (Å²) in [6, 6.07) is 27.3. The van der Waals surface area contributed by atoms with Gasteiger partial charge in [-0.15, -0.1) is 11.6 Å². The van der Waals surface area contributed by atoms with Gasteiger partial charge in [-0.2, -0.15) is 0 Å². The number of carbonyl (C=O) groups is 1. The number of benzene rings is 4. The lowest BCUT2D eigenvalue weighted by Gasteiger charge is -2.21. The summed E-state index contributed by atoms with van der Waals surface area (Å²) in [5.41, 5.74) is 8.92. The number of fused-ring (bicyclic) bond motifs is 3. The van der Waals surface area contributed by atoms with Crippen molar-refractivity contribution in [3.05, 3.63) is 112 Å². The van der Waals surface area contributed by atoms with Crippen LogP contribution in [0, 0.1) is 0 Å². The quantitative estimate of drug-likeness (QED) is 0.305. The number of anilines is 1. The third-order valence-electron chi connectivity index (χ3n) is 7.49. The minimum Gasteiger partial charge on any atom is -0.496 e. The first-order valence-electron chi connectivity index (χ1n) is 12.0. The minimum atomic E-state index is -0.292. The molecule has 0 radical (unpaired) electrons. The second kappa shape index (κ2) is 8.58. The number of aryl methyl sites for hydroxylation is 1. The number of allylic oxidation sites excluding steroid dienone is 1. The highest BCUT2D eigenvalue weighted by molar-refractivity contribution is 6.18. The highest BCUT2D eigenvalue weighted by Gasteiger charge is 2.43. The highest BCUT2D eigenvalue weighted by Crippen LogP contribution is 2.55. The Morgan fingerprint density at radius 3 is 2.54 bits per heavy atom. The van der Waals surface area contributed by atoms with Crippen LogP contribution < -0.4 is 10.1 Å². The molecule has 4 aromatic carbocycles. The van der Waals surface area contributed by atoms with Crippen LogP contribution in [-0.2, 0) is 11.2 Å². The number of alkyl halides is 1. The molecular weight excluding hydrogens is 454 g/mol. The summed E-state index contributed by atoms with van der Waals surface area (Å²) in [7, 11) is 1.72. The molecule has 2 unspecified atom stereocenters. The number of hydrogen-bond acceptors (Lipinski definition) is 2. The van der Waals surface area contributed by atoms with Crippen LogP contribution in [0.5, 0.6) is 5.75 Å². The molecule has 0 aromatic heterocycles. The van der Waals surface area contributed by atoms with E-state index in [1.165, 1.54) is 22.1 Å². The normalized spacial score (nSPS) is 18.5. The number of nitrogens with one attached hydrogen (secondary N) is 1. The Hall–Kier alpha value is -3.56. The van der Waals surface area contributed by atoms with Gasteiger partial charge in [0.15, 0.2) is 0 Å². The molecule has 1 amide bonds. The van der Waals surface area contributed by atoms with Crippen LogP contribution in [0.3, 0.4) is 0 Å². The van der Waals surface area contributed by atoms with Gasteiger partial charge in [0.25, 0.3) is 0 Å². The van der Waals surface area contributed by atoms with Crippen LogP contribution in [0.2, 0.25) is 0 Å². The van der Waals surface area contributed by atoms with E-state index in [4.69, 9.17) is 16.3 Å². The average molecular weight is 480 g/mol. The van der Waals surface area contributed by atoms with Crippen LogP contribution in [-0.4, -0.2) is 18.9 Å². The zero-order valence-electron chi connectivity index (χ0n) is 19.8. The second-order valence-electron chi connectivity index (χ2n) is 9.31. The standard InChI is InChI=1S/C31H26ClNO2/c1-18-27(29-21-8-4-3-7-20(21)12-14-26(29)35-2)22-9-5-6-10-23(22)28(18)30-24-17-19(15-16-32)11-13-25(24)33-31(30)34/h3-14,17,28,30H,15-16H2,1-2H3,(H,33,34). The van der Waals surface area contributed by atoms with Crippen LogP contribution in [0.25, 0.3) is 16.3 Å². The van der Waals surface area contributed by atoms with Gasteiger partial charge in [0, 0.05) is 23.0 Å². The molecular formula is C31H26ClNO2. The molecule has 1 aliphatic heterocycles. The fraction of sp³-hybridized carbons (Fsp3) is 0.194. The summed E-state index contributed by atoms with van der Waals surface area (Å²) in [5, 5.41) is 5.45. The maximum Gasteiger partial charge on any atom is 0.232 e. The minimum absolute atomic E-state index is 0.0494. The number of amides is 1. The van der Waals surface area contributed by atoms with Crippen molar-refractivity contribution in [3.63, 3.8) is 0 Å². The summed E-state index contributed by atoms with van der Waals surface area (Å²) in [6.07, 6.45) is 0.782. The van der Waals surface area contributed by atoms with Crippen molar-refractivity contribution < 1.29 is 9.53 Å². The largest absolute Gasteiger partial charge is 0.496 e. The first-order valence-corrected chi connectivity index (χ1v) is 12.5. The van der Waals surface area contributed by atoms with Gasteiger partial charge in [0.05, 0.1) is 13.0 Å². The van der Waals surface area contributed by atoms with Gasteiger partial charge in [0.2, 0.25) is 5.91 Å². The predicted molar refractivity (Wildman–Crippen MR) is 144 cm³/mol. The third kappa shape index (κ3) is 3.37. The van der Waals surface area contributed by atoms with Gasteiger partial charge in [-0.05, 0) is 64.1 Å². The molecule has 0 saturated heterocycles. The van der Waals surface area contributed by atoms with Crippen molar-refractivity contribution in [3.8, 4) is 5.75 Å². The number of hydrogen-bond donors (Lipinski definition) is 1. The van der Waals surface area contributed by atoms with Gasteiger partial charge in [-0.1, -0.05) is 72.3 Å². The van der Waals surface area contributed by atoms with Gasteiger partial charge in [-0.25, -0.2) is 0 Å². The Morgan fingerprint density at radius 1 is 0.914 bits per heavy atom. The molecule has 35 heavy (non-hydrogen) atoms. The Bertz CT molecular complexity index is 1520. The molecule has 1 N–H and O–H groups in total. The van der Waals surface area contributed by atoms with E-state index in [0.29, 0.717) is 5.88 Å². The maximum atomic E-state index is 13.4. The van der Waals surface area contributed by atoms with Crippen LogP contribution in [0.4, 0.5) is 5.69 Å². The van der Waals surface area contributed by atoms with Crippen molar-refractivity contribution in [2.24, 2.45) is 0 Å². The third-order valence-corrected chi connectivity index (χ3v) is 7.68. The Kier molecular flexibility index (Phi) is 5.38. The molecule has 4 aromatic rings. The molecule has 2 aliphatic rings. The summed E-state index contributed by atoms with van der Waals surface area (Å²) in [6.45, 7) is 2.18. The number of halogens is 1. The molecule has 1 aliphatic carbocycles. The summed E-state index contributed by atoms with van der Waals surface area (Å²) in [5.74, 6) is 1.10. The topological polar surface area (TPSA) is 38.3 Å². The molecule has 3 nitrogen and oxygen atoms in total. The van der Waals surface area contributed by atoms with E-state index >= 15 is 0 Å². The molecule has 0 fully saturated rings. The van der Waals surface area contributed by atoms with Gasteiger partial charge < -0.3 is 10.1 Å². The van der Waals surface area contributed by atoms with Crippen molar-refractivity contribution in [1.29, 1.82) is 0 Å². The lowest BCUT2D eigenvalue weighted by Crippen LogP contribution is -2.19. The molecule has 2 atom stereocenters. The molecule has 174 valence electrons. The first-order chi connectivity index (χ1) is 17.1. The van der Waals surface area contributed by atoms with Crippen LogP contribution >= 0.6 is 11.6 Å². The Morgan fingerprint density at radius 2 is 1.71 bits per heavy atom. The molecule has 0 bridgehead atoms. The average Bonchev–Trinajstić information content (AvgIpc) is 3.35. The summed E-state index contributed by atoms with van der Waals surface area (Å²) in [4.78, 5) is 13.4. The molecule has 6 rings (SSSR count). The molecule has 1 heterocycles. The number of rotatable bonds is 5. The van der Waals surface area contributed by atoms with Crippen molar-refractivity contribution in [1.82, 2.24) is 0 Å². The SMILES string of the molecule is COc1ccc2ccccc2c1C1=C(C)C(C2C(=O)Nc3ccc(CCCl)cc32)c2ccccc21. The van der Waals surface area contributed by atoms with Gasteiger partial charge in [0.1, 0.15) is 5.75 Å². The second-order valence-corrected chi connectivity index (χ2v) is 9.69. The molecule has 0 saturated carbocycles. The van der Waals surface area contributed by atoms with Crippen molar-refractivity contribution in [2.45, 2.75) is 25.2 Å². The number of carbonyl (C=O) groups excluding carboxylic acids is 1. The fourth-order valence-corrected chi connectivity index (χ4v) is 6.19. The van der Waals surface area contributed by atoms with E-state index < -0.39 is 0 Å². The number of methoxy groups -OCH3 is 1. The van der Waals surface area contributed by atoms with E-state index in [-0.39, 0.29) is 17.7 Å². The van der Waals surface area contributed by atoms with Crippen molar-refractivity contribution >= 4 is 39.5 Å². The summed E-state index contributed by atoms with van der Waals surface area (Å²) < 4.78 is 5.88. The van der Waals surface area contributed by atoms with Gasteiger partial charge >= 0.3 is 0 Å². The zero-order chi connectivity index (χ0) is 24.1. The monoisotopic (exact) mass is 479 g/mol. The van der Waals surface area contributed by atoms with Crippen LogP contribution in [0.1, 0.15) is 46.6 Å². The zero-order valence-corrected chi connectivity index (χ0v) is 20.5. The van der Waals surface area contributed by atoms with E-state index in [1.807, 2.05) is 12.1 Å². The molecule has 0 spiro atoms. The first kappa shape index (κ1) is 21.9. The lowest BCUT2D eigenvalue weighted by molar-refractivity contribution is -0.117. The maximum absolute atomic E-state index is 13.4. The molecule has 4 heteroatoms. The fourth-order valence-electron chi connectivity index (χ4n) is 5.97. The van der Waals surface area contributed by atoms with E-state index in [2.05, 4.69) is 79.0 Å². The van der Waals surface area contributed by atoms with Gasteiger partial charge in [-0.3, -0.25) is 4.79 Å². The Labute approximate surface area is 210 Å². The summed E-state index contributed by atoms with van der Waals surface area (Å²) >= 11 is 6.03.